The Morgan fingerprint density at radius 2 is 1.73 bits per heavy atom. The number of alkyl halides is 3. The van der Waals surface area contributed by atoms with Gasteiger partial charge in [0.15, 0.2) is 6.04 Å². The van der Waals surface area contributed by atoms with Crippen LogP contribution in [-0.2, 0) is 4.79 Å². The molecule has 0 saturated carbocycles. The molecule has 0 aromatic heterocycles. The molecule has 1 aliphatic rings. The molecular weight excluding hydrogens is 429 g/mol. The van der Waals surface area contributed by atoms with Crippen LogP contribution in [0.4, 0.5) is 13.2 Å². The first-order valence-corrected chi connectivity index (χ1v) is 11.9. The van der Waals surface area contributed by atoms with Crippen molar-refractivity contribution in [3.05, 3.63) is 42.0 Å². The predicted molar refractivity (Wildman–Crippen MR) is 125 cm³/mol. The molecule has 3 rings (SSSR count). The summed E-state index contributed by atoms with van der Waals surface area (Å²) in [5.41, 5.74) is 1.52. The predicted octanol–water partition coefficient (Wildman–Crippen LogP) is 7.09. The fourth-order valence-corrected chi connectivity index (χ4v) is 4.52. The summed E-state index contributed by atoms with van der Waals surface area (Å²) in [5, 5.41) is 2.51. The molecular formula is C26H35F3N2O2. The summed E-state index contributed by atoms with van der Waals surface area (Å²) in [5.74, 6) is 0.0390. The number of halogens is 3. The lowest BCUT2D eigenvalue weighted by Gasteiger charge is -2.38. The molecule has 2 aromatic carbocycles. The zero-order valence-corrected chi connectivity index (χ0v) is 19.8. The van der Waals surface area contributed by atoms with Gasteiger partial charge in [-0.25, -0.2) is 0 Å². The van der Waals surface area contributed by atoms with Gasteiger partial charge in [0.2, 0.25) is 5.91 Å². The SMILES string of the molecule is CCCCCCCCCOc1cc(C(N2NC(=O)CC2(C)C)C(F)(F)F)cc2ccccc12. The first-order chi connectivity index (χ1) is 15.6. The lowest BCUT2D eigenvalue weighted by molar-refractivity contribution is -0.203. The van der Waals surface area contributed by atoms with Crippen molar-refractivity contribution < 1.29 is 22.7 Å². The van der Waals surface area contributed by atoms with E-state index < -0.39 is 23.7 Å². The Labute approximate surface area is 194 Å². The normalized spacial score (nSPS) is 17.3. The van der Waals surface area contributed by atoms with E-state index in [1.165, 1.54) is 31.7 Å². The van der Waals surface area contributed by atoms with Gasteiger partial charge in [0.1, 0.15) is 5.75 Å². The van der Waals surface area contributed by atoms with Crippen molar-refractivity contribution in [3.8, 4) is 5.75 Å². The minimum absolute atomic E-state index is 0.00870. The molecule has 1 amide bonds. The number of benzene rings is 2. The van der Waals surface area contributed by atoms with Crippen LogP contribution < -0.4 is 10.2 Å². The van der Waals surface area contributed by atoms with E-state index in [9.17, 15) is 18.0 Å². The number of fused-ring (bicyclic) bond motifs is 1. The van der Waals surface area contributed by atoms with Crippen LogP contribution in [0.15, 0.2) is 36.4 Å². The molecule has 0 aliphatic carbocycles. The highest BCUT2D eigenvalue weighted by Crippen LogP contribution is 2.44. The zero-order valence-electron chi connectivity index (χ0n) is 19.8. The number of ether oxygens (including phenoxy) is 1. The summed E-state index contributed by atoms with van der Waals surface area (Å²) in [6.45, 7) is 5.93. The standard InChI is InChI=1S/C26H35F3N2O2/c1-4-5-6-7-8-9-12-15-33-22-17-20(16-19-13-10-11-14-21(19)22)24(26(27,28)29)31-25(2,3)18-23(32)30-31/h10-11,13-14,16-17,24H,4-9,12,15,18H2,1-3H3,(H,30,32). The Hall–Kier alpha value is -2.28. The zero-order chi connectivity index (χ0) is 24.1. The van der Waals surface area contributed by atoms with Gasteiger partial charge in [-0.1, -0.05) is 69.7 Å². The second-order valence-corrected chi connectivity index (χ2v) is 9.55. The number of carbonyl (C=O) groups is 1. The van der Waals surface area contributed by atoms with Crippen LogP contribution in [0.25, 0.3) is 10.8 Å². The average molecular weight is 465 g/mol. The molecule has 1 saturated heterocycles. The molecule has 1 heterocycles. The molecule has 0 spiro atoms. The summed E-state index contributed by atoms with van der Waals surface area (Å²) in [4.78, 5) is 12.0. The van der Waals surface area contributed by atoms with Crippen LogP contribution >= 0.6 is 0 Å². The molecule has 33 heavy (non-hydrogen) atoms. The van der Waals surface area contributed by atoms with Crippen molar-refractivity contribution in [1.29, 1.82) is 0 Å². The minimum atomic E-state index is -4.58. The highest BCUT2D eigenvalue weighted by atomic mass is 19.4. The number of hydrazine groups is 1. The molecule has 0 bridgehead atoms. The minimum Gasteiger partial charge on any atom is -0.493 e. The van der Waals surface area contributed by atoms with Crippen LogP contribution in [0.2, 0.25) is 0 Å². The second kappa shape index (κ2) is 10.8. The van der Waals surface area contributed by atoms with E-state index in [0.717, 1.165) is 29.7 Å². The number of hydrogen-bond acceptors (Lipinski definition) is 3. The van der Waals surface area contributed by atoms with E-state index in [1.54, 1.807) is 32.0 Å². The third kappa shape index (κ3) is 6.40. The van der Waals surface area contributed by atoms with Crippen LogP contribution in [0, 0.1) is 0 Å². The van der Waals surface area contributed by atoms with E-state index in [-0.39, 0.29) is 12.0 Å². The number of amides is 1. The summed E-state index contributed by atoms with van der Waals surface area (Å²) in [7, 11) is 0. The Morgan fingerprint density at radius 1 is 1.06 bits per heavy atom. The van der Waals surface area contributed by atoms with Crippen LogP contribution in [0.1, 0.15) is 83.7 Å². The van der Waals surface area contributed by atoms with E-state index in [0.29, 0.717) is 17.7 Å². The molecule has 1 fully saturated rings. The third-order valence-electron chi connectivity index (χ3n) is 6.23. The first-order valence-electron chi connectivity index (χ1n) is 11.9. The molecule has 1 N–H and O–H groups in total. The van der Waals surface area contributed by atoms with Gasteiger partial charge >= 0.3 is 6.18 Å². The number of hydrogen-bond donors (Lipinski definition) is 1. The Balaban J connectivity index is 1.83. The van der Waals surface area contributed by atoms with Crippen LogP contribution in [-0.4, -0.2) is 29.2 Å². The maximum absolute atomic E-state index is 14.3. The van der Waals surface area contributed by atoms with Gasteiger partial charge in [0, 0.05) is 17.3 Å². The Kier molecular flexibility index (Phi) is 8.27. The molecule has 1 unspecified atom stereocenters. The molecule has 2 aromatic rings. The van der Waals surface area contributed by atoms with Crippen molar-refractivity contribution in [3.63, 3.8) is 0 Å². The molecule has 0 radical (unpaired) electrons. The molecule has 182 valence electrons. The summed E-state index contributed by atoms with van der Waals surface area (Å²) < 4.78 is 48.9. The van der Waals surface area contributed by atoms with Crippen molar-refractivity contribution >= 4 is 16.7 Å². The fraction of sp³-hybridized carbons (Fsp3) is 0.577. The first kappa shape index (κ1) is 25.3. The third-order valence-corrected chi connectivity index (χ3v) is 6.23. The van der Waals surface area contributed by atoms with Gasteiger partial charge in [0.05, 0.1) is 6.61 Å². The summed E-state index contributed by atoms with van der Waals surface area (Å²) in [6.07, 6.45) is 3.39. The molecule has 4 nitrogen and oxygen atoms in total. The highest BCUT2D eigenvalue weighted by Gasteiger charge is 2.53. The maximum atomic E-state index is 14.3. The van der Waals surface area contributed by atoms with Crippen molar-refractivity contribution in [2.45, 2.75) is 89.9 Å². The summed E-state index contributed by atoms with van der Waals surface area (Å²) in [6, 6.07) is 8.38. The van der Waals surface area contributed by atoms with Crippen molar-refractivity contribution in [2.24, 2.45) is 0 Å². The Bertz CT molecular complexity index is 943. The largest absolute Gasteiger partial charge is 0.493 e. The fourth-order valence-electron chi connectivity index (χ4n) is 4.52. The topological polar surface area (TPSA) is 41.6 Å². The lowest BCUT2D eigenvalue weighted by Crippen LogP contribution is -2.51. The number of nitrogens with one attached hydrogen (secondary N) is 1. The van der Waals surface area contributed by atoms with Crippen molar-refractivity contribution in [2.75, 3.05) is 6.61 Å². The highest BCUT2D eigenvalue weighted by molar-refractivity contribution is 5.89. The number of rotatable bonds is 11. The van der Waals surface area contributed by atoms with Gasteiger partial charge < -0.3 is 4.74 Å². The summed E-state index contributed by atoms with van der Waals surface area (Å²) >= 11 is 0. The smallest absolute Gasteiger partial charge is 0.409 e. The number of nitrogens with zero attached hydrogens (tertiary/aromatic N) is 1. The maximum Gasteiger partial charge on any atom is 0.409 e. The van der Waals surface area contributed by atoms with Gasteiger partial charge in [-0.2, -0.15) is 18.2 Å². The van der Waals surface area contributed by atoms with Crippen LogP contribution in [0.3, 0.4) is 0 Å². The monoisotopic (exact) mass is 464 g/mol. The number of carbonyl (C=O) groups excluding carboxylic acids is 1. The Morgan fingerprint density at radius 3 is 2.36 bits per heavy atom. The number of unbranched alkanes of at least 4 members (excludes halogenated alkanes) is 6. The van der Waals surface area contributed by atoms with Gasteiger partial charge in [0.25, 0.3) is 0 Å². The van der Waals surface area contributed by atoms with Crippen LogP contribution in [0.5, 0.6) is 5.75 Å². The van der Waals surface area contributed by atoms with E-state index in [1.807, 2.05) is 12.1 Å². The van der Waals surface area contributed by atoms with Gasteiger partial charge in [-0.15, -0.1) is 0 Å². The van der Waals surface area contributed by atoms with Crippen molar-refractivity contribution in [1.82, 2.24) is 10.4 Å². The molecule has 1 atom stereocenters. The second-order valence-electron chi connectivity index (χ2n) is 9.55. The van der Waals surface area contributed by atoms with Gasteiger partial charge in [-0.05, 0) is 43.4 Å². The van der Waals surface area contributed by atoms with E-state index in [2.05, 4.69) is 12.3 Å². The molecule has 1 aliphatic heterocycles. The lowest BCUT2D eigenvalue weighted by atomic mass is 9.95. The quantitative estimate of drug-likeness (QED) is 0.361. The van der Waals surface area contributed by atoms with Gasteiger partial charge in [-0.3, -0.25) is 10.2 Å². The van der Waals surface area contributed by atoms with E-state index in [4.69, 9.17) is 4.74 Å². The average Bonchev–Trinajstić information content (AvgIpc) is 3.00. The van der Waals surface area contributed by atoms with E-state index >= 15 is 0 Å². The molecule has 7 heteroatoms.